The Labute approximate surface area is 82.9 Å². The summed E-state index contributed by atoms with van der Waals surface area (Å²) in [6.07, 6.45) is 10.1. The number of hydrogen-bond donors (Lipinski definition) is 0. The fourth-order valence-corrected chi connectivity index (χ4v) is 2.86. The molecule has 13 heavy (non-hydrogen) atoms. The van der Waals surface area contributed by atoms with Crippen molar-refractivity contribution in [2.24, 2.45) is 5.41 Å². The van der Waals surface area contributed by atoms with Crippen LogP contribution in [0.4, 0.5) is 0 Å². The number of methoxy groups -OCH3 is 1. The smallest absolute Gasteiger partial charge is 0.0599 e. The van der Waals surface area contributed by atoms with E-state index in [4.69, 9.17) is 4.74 Å². The van der Waals surface area contributed by atoms with Crippen LogP contribution in [-0.2, 0) is 4.74 Å². The summed E-state index contributed by atoms with van der Waals surface area (Å²) in [6.45, 7) is 4.54. The molecule has 1 atom stereocenters. The van der Waals surface area contributed by atoms with Crippen molar-refractivity contribution in [3.05, 3.63) is 0 Å². The first kappa shape index (κ1) is 11.0. The predicted molar refractivity (Wildman–Crippen MR) is 56.9 cm³/mol. The summed E-state index contributed by atoms with van der Waals surface area (Å²) in [7, 11) is 1.86. The van der Waals surface area contributed by atoms with Crippen LogP contribution in [0.3, 0.4) is 0 Å². The summed E-state index contributed by atoms with van der Waals surface area (Å²) in [5, 5.41) is 0. The minimum atomic E-state index is 0.452. The average molecular weight is 184 g/mol. The SMILES string of the molecule is CCCC1(C(C)OC)CCCCC1. The molecule has 0 saturated heterocycles. The zero-order chi connectivity index (χ0) is 9.73. The molecule has 0 aliphatic heterocycles. The molecule has 0 bridgehead atoms. The summed E-state index contributed by atoms with van der Waals surface area (Å²) in [4.78, 5) is 0. The van der Waals surface area contributed by atoms with Crippen LogP contribution >= 0.6 is 0 Å². The highest BCUT2D eigenvalue weighted by Gasteiger charge is 2.36. The lowest BCUT2D eigenvalue weighted by Crippen LogP contribution is -2.36. The fourth-order valence-electron chi connectivity index (χ4n) is 2.86. The third kappa shape index (κ3) is 2.46. The first-order chi connectivity index (χ1) is 6.25. The summed E-state index contributed by atoms with van der Waals surface area (Å²) in [6, 6.07) is 0. The monoisotopic (exact) mass is 184 g/mol. The van der Waals surface area contributed by atoms with Gasteiger partial charge in [-0.3, -0.25) is 0 Å². The van der Waals surface area contributed by atoms with Gasteiger partial charge in [0.15, 0.2) is 0 Å². The Balaban J connectivity index is 2.60. The highest BCUT2D eigenvalue weighted by Crippen LogP contribution is 2.43. The molecule has 0 N–H and O–H groups in total. The Bertz CT molecular complexity index is 131. The van der Waals surface area contributed by atoms with E-state index in [-0.39, 0.29) is 0 Å². The van der Waals surface area contributed by atoms with Crippen molar-refractivity contribution in [3.63, 3.8) is 0 Å². The van der Waals surface area contributed by atoms with Gasteiger partial charge in [0.2, 0.25) is 0 Å². The van der Waals surface area contributed by atoms with Crippen molar-refractivity contribution >= 4 is 0 Å². The van der Waals surface area contributed by atoms with Crippen molar-refractivity contribution in [2.75, 3.05) is 7.11 Å². The quantitative estimate of drug-likeness (QED) is 0.646. The molecule has 0 aromatic rings. The van der Waals surface area contributed by atoms with E-state index in [2.05, 4.69) is 13.8 Å². The summed E-state index contributed by atoms with van der Waals surface area (Å²) in [5.41, 5.74) is 0.516. The minimum Gasteiger partial charge on any atom is -0.381 e. The maximum absolute atomic E-state index is 5.55. The lowest BCUT2D eigenvalue weighted by atomic mass is 9.68. The van der Waals surface area contributed by atoms with Crippen molar-refractivity contribution in [1.82, 2.24) is 0 Å². The van der Waals surface area contributed by atoms with Crippen molar-refractivity contribution in [1.29, 1.82) is 0 Å². The van der Waals surface area contributed by atoms with E-state index in [1.807, 2.05) is 7.11 Å². The van der Waals surface area contributed by atoms with Crippen LogP contribution in [0.5, 0.6) is 0 Å². The molecule has 0 heterocycles. The van der Waals surface area contributed by atoms with Gasteiger partial charge in [0.1, 0.15) is 0 Å². The molecule has 1 unspecified atom stereocenters. The van der Waals surface area contributed by atoms with Crippen LogP contribution in [0.25, 0.3) is 0 Å². The Morgan fingerprint density at radius 3 is 2.31 bits per heavy atom. The Hall–Kier alpha value is -0.0400. The highest BCUT2D eigenvalue weighted by molar-refractivity contribution is 4.87. The van der Waals surface area contributed by atoms with Gasteiger partial charge >= 0.3 is 0 Å². The third-order valence-electron chi connectivity index (χ3n) is 3.81. The van der Waals surface area contributed by atoms with E-state index in [1.54, 1.807) is 0 Å². The van der Waals surface area contributed by atoms with Crippen LogP contribution in [0.1, 0.15) is 58.8 Å². The summed E-state index contributed by atoms with van der Waals surface area (Å²) in [5.74, 6) is 0. The maximum Gasteiger partial charge on any atom is 0.0599 e. The van der Waals surface area contributed by atoms with E-state index in [0.29, 0.717) is 11.5 Å². The lowest BCUT2D eigenvalue weighted by molar-refractivity contribution is -0.0290. The fraction of sp³-hybridized carbons (Fsp3) is 1.00. The molecule has 1 rings (SSSR count). The van der Waals surface area contributed by atoms with Crippen LogP contribution in [0, 0.1) is 5.41 Å². The molecule has 0 spiro atoms. The van der Waals surface area contributed by atoms with E-state index >= 15 is 0 Å². The predicted octanol–water partition coefficient (Wildman–Crippen LogP) is 3.77. The largest absolute Gasteiger partial charge is 0.381 e. The number of rotatable bonds is 4. The minimum absolute atomic E-state index is 0.452. The molecule has 1 heteroatoms. The normalized spacial score (nSPS) is 24.2. The molecule has 78 valence electrons. The average Bonchev–Trinajstić information content (AvgIpc) is 2.18. The Kier molecular flexibility index (Phi) is 4.24. The zero-order valence-corrected chi connectivity index (χ0v) is 9.44. The maximum atomic E-state index is 5.55. The first-order valence-corrected chi connectivity index (χ1v) is 5.78. The molecule has 1 aliphatic rings. The summed E-state index contributed by atoms with van der Waals surface area (Å²) < 4.78 is 5.55. The lowest BCUT2D eigenvalue weighted by Gasteiger charge is -2.41. The first-order valence-electron chi connectivity index (χ1n) is 5.78. The van der Waals surface area contributed by atoms with Crippen LogP contribution in [0.15, 0.2) is 0 Å². The van der Waals surface area contributed by atoms with E-state index in [0.717, 1.165) is 0 Å². The van der Waals surface area contributed by atoms with Crippen LogP contribution in [-0.4, -0.2) is 13.2 Å². The molecule has 0 radical (unpaired) electrons. The molecule has 1 aliphatic carbocycles. The van der Waals surface area contributed by atoms with Gasteiger partial charge in [-0.2, -0.15) is 0 Å². The van der Waals surface area contributed by atoms with Gasteiger partial charge in [0, 0.05) is 7.11 Å². The molecular formula is C12H24O. The Morgan fingerprint density at radius 2 is 1.85 bits per heavy atom. The van der Waals surface area contributed by atoms with Gasteiger partial charge in [-0.15, -0.1) is 0 Å². The molecule has 1 nitrogen and oxygen atoms in total. The summed E-state index contributed by atoms with van der Waals surface area (Å²) >= 11 is 0. The van der Waals surface area contributed by atoms with Gasteiger partial charge in [0.25, 0.3) is 0 Å². The van der Waals surface area contributed by atoms with Crippen molar-refractivity contribution in [2.45, 2.75) is 64.9 Å². The number of hydrogen-bond acceptors (Lipinski definition) is 1. The topological polar surface area (TPSA) is 9.23 Å². The van der Waals surface area contributed by atoms with Gasteiger partial charge < -0.3 is 4.74 Å². The Morgan fingerprint density at radius 1 is 1.23 bits per heavy atom. The van der Waals surface area contributed by atoms with Crippen molar-refractivity contribution < 1.29 is 4.74 Å². The molecule has 0 aromatic carbocycles. The molecule has 0 amide bonds. The van der Waals surface area contributed by atoms with E-state index in [1.165, 1.54) is 44.9 Å². The molecule has 1 saturated carbocycles. The number of ether oxygens (including phenoxy) is 1. The van der Waals surface area contributed by atoms with E-state index in [9.17, 15) is 0 Å². The van der Waals surface area contributed by atoms with Gasteiger partial charge in [-0.25, -0.2) is 0 Å². The third-order valence-corrected chi connectivity index (χ3v) is 3.81. The molecule has 0 aromatic heterocycles. The molecular weight excluding hydrogens is 160 g/mol. The highest BCUT2D eigenvalue weighted by atomic mass is 16.5. The standard InChI is InChI=1S/C12H24O/c1-4-8-12(11(2)13-3)9-6-5-7-10-12/h11H,4-10H2,1-3H3. The second-order valence-electron chi connectivity index (χ2n) is 4.55. The van der Waals surface area contributed by atoms with Crippen LogP contribution < -0.4 is 0 Å². The van der Waals surface area contributed by atoms with Crippen LogP contribution in [0.2, 0.25) is 0 Å². The van der Waals surface area contributed by atoms with E-state index < -0.39 is 0 Å². The second-order valence-corrected chi connectivity index (χ2v) is 4.55. The van der Waals surface area contributed by atoms with Gasteiger partial charge in [-0.1, -0.05) is 32.6 Å². The zero-order valence-electron chi connectivity index (χ0n) is 9.44. The van der Waals surface area contributed by atoms with Gasteiger partial charge in [0.05, 0.1) is 6.10 Å². The second kappa shape index (κ2) is 4.99. The van der Waals surface area contributed by atoms with Crippen molar-refractivity contribution in [3.8, 4) is 0 Å². The molecule has 1 fully saturated rings. The van der Waals surface area contributed by atoms with Gasteiger partial charge in [-0.05, 0) is 31.6 Å².